The molecule has 130 valence electrons. The summed E-state index contributed by atoms with van der Waals surface area (Å²) in [5, 5.41) is 5.81. The Bertz CT molecular complexity index is 810. The van der Waals surface area contributed by atoms with Crippen molar-refractivity contribution in [2.75, 3.05) is 0 Å². The minimum Gasteiger partial charge on any atom is -0.452 e. The van der Waals surface area contributed by atoms with E-state index in [0.717, 1.165) is 10.4 Å². The maximum atomic E-state index is 12.1. The highest BCUT2D eigenvalue weighted by molar-refractivity contribution is 7.13. The molecule has 1 aromatic carbocycles. The fraction of sp³-hybridized carbons (Fsp3) is 0.278. The van der Waals surface area contributed by atoms with Crippen molar-refractivity contribution >= 4 is 17.3 Å². The number of carbonyl (C=O) groups is 1. The van der Waals surface area contributed by atoms with Gasteiger partial charge in [0.1, 0.15) is 0 Å². The monoisotopic (exact) mass is 358 g/mol. The lowest BCUT2D eigenvalue weighted by atomic mass is 10.1. The molecule has 6 nitrogen and oxygen atoms in total. The van der Waals surface area contributed by atoms with Gasteiger partial charge in [0.15, 0.2) is 6.61 Å². The van der Waals surface area contributed by atoms with Gasteiger partial charge in [-0.05, 0) is 43.0 Å². The summed E-state index contributed by atoms with van der Waals surface area (Å²) in [7, 11) is 0. The largest absolute Gasteiger partial charge is 0.452 e. The maximum absolute atomic E-state index is 12.1. The smallest absolute Gasteiger partial charge is 0.338 e. The summed E-state index contributed by atoms with van der Waals surface area (Å²) in [6.45, 7) is 4.41. The number of hydrogen-bond acceptors (Lipinski definition) is 7. The average molecular weight is 358 g/mol. The third kappa shape index (κ3) is 4.74. The van der Waals surface area contributed by atoms with Gasteiger partial charge in [0, 0.05) is 0 Å². The number of ether oxygens (including phenoxy) is 2. The molecule has 2 aromatic heterocycles. The van der Waals surface area contributed by atoms with E-state index in [1.165, 1.54) is 11.3 Å². The van der Waals surface area contributed by atoms with Crippen LogP contribution >= 0.6 is 11.3 Å². The van der Waals surface area contributed by atoms with E-state index in [-0.39, 0.29) is 18.6 Å². The Labute approximate surface area is 149 Å². The summed E-state index contributed by atoms with van der Waals surface area (Å²) in [5.74, 6) is 0.321. The number of carbonyl (C=O) groups excluding carboxylic acids is 1. The Balaban J connectivity index is 1.54. The molecule has 0 radical (unpaired) electrons. The van der Waals surface area contributed by atoms with E-state index < -0.39 is 5.97 Å². The van der Waals surface area contributed by atoms with Crippen LogP contribution in [-0.4, -0.2) is 22.2 Å². The number of aromatic nitrogens is 2. The van der Waals surface area contributed by atoms with Gasteiger partial charge in [-0.25, -0.2) is 4.79 Å². The number of hydrogen-bond donors (Lipinski definition) is 0. The van der Waals surface area contributed by atoms with Crippen LogP contribution < -0.4 is 0 Å². The molecule has 0 atom stereocenters. The first-order valence-corrected chi connectivity index (χ1v) is 8.74. The molecule has 7 heteroatoms. The predicted molar refractivity (Wildman–Crippen MR) is 93.1 cm³/mol. The second kappa shape index (κ2) is 8.04. The van der Waals surface area contributed by atoms with Crippen LogP contribution in [0, 0.1) is 0 Å². The minimum absolute atomic E-state index is 0.0601. The van der Waals surface area contributed by atoms with Crippen molar-refractivity contribution in [2.45, 2.75) is 33.2 Å². The van der Waals surface area contributed by atoms with E-state index in [9.17, 15) is 4.79 Å². The molecule has 0 N–H and O–H groups in total. The molecule has 0 aliphatic carbocycles. The molecule has 0 aliphatic heterocycles. The third-order valence-corrected chi connectivity index (χ3v) is 4.18. The lowest BCUT2D eigenvalue weighted by Gasteiger charge is -2.08. The highest BCUT2D eigenvalue weighted by Gasteiger charge is 2.13. The maximum Gasteiger partial charge on any atom is 0.338 e. The molecule has 0 fully saturated rings. The van der Waals surface area contributed by atoms with Crippen LogP contribution in [0.3, 0.4) is 0 Å². The lowest BCUT2D eigenvalue weighted by Crippen LogP contribution is -2.06. The fourth-order valence-corrected chi connectivity index (χ4v) is 2.68. The molecule has 0 saturated carbocycles. The zero-order valence-corrected chi connectivity index (χ0v) is 14.8. The topological polar surface area (TPSA) is 74.5 Å². The molecule has 0 amide bonds. The van der Waals surface area contributed by atoms with Crippen molar-refractivity contribution in [3.05, 3.63) is 58.8 Å². The van der Waals surface area contributed by atoms with Gasteiger partial charge >= 0.3 is 5.97 Å². The van der Waals surface area contributed by atoms with E-state index in [1.807, 2.05) is 43.5 Å². The highest BCUT2D eigenvalue weighted by Crippen LogP contribution is 2.21. The van der Waals surface area contributed by atoms with Crippen LogP contribution in [0.1, 0.15) is 35.7 Å². The molecule has 0 bridgehead atoms. The lowest BCUT2D eigenvalue weighted by molar-refractivity contribution is 0.0429. The van der Waals surface area contributed by atoms with Crippen molar-refractivity contribution in [1.29, 1.82) is 0 Å². The minimum atomic E-state index is -0.438. The second-order valence-corrected chi connectivity index (χ2v) is 6.57. The van der Waals surface area contributed by atoms with Gasteiger partial charge in [0.25, 0.3) is 5.89 Å². The molecule has 3 aromatic rings. The van der Waals surface area contributed by atoms with Crippen molar-refractivity contribution in [3.8, 4) is 10.7 Å². The van der Waals surface area contributed by atoms with Gasteiger partial charge in [-0.1, -0.05) is 23.4 Å². The number of esters is 1. The first-order valence-electron chi connectivity index (χ1n) is 7.86. The molecular formula is C18H18N2O4S. The molecule has 25 heavy (non-hydrogen) atoms. The Morgan fingerprint density at radius 3 is 2.68 bits per heavy atom. The fourth-order valence-electron chi connectivity index (χ4n) is 2.03. The van der Waals surface area contributed by atoms with Crippen molar-refractivity contribution in [3.63, 3.8) is 0 Å². The van der Waals surface area contributed by atoms with Gasteiger partial charge in [0.2, 0.25) is 5.82 Å². The number of rotatable bonds is 7. The number of nitrogens with zero attached hydrogens (tertiary/aromatic N) is 2. The van der Waals surface area contributed by atoms with Crippen LogP contribution in [0.4, 0.5) is 0 Å². The van der Waals surface area contributed by atoms with Crippen molar-refractivity contribution in [1.82, 2.24) is 10.1 Å². The molecular weight excluding hydrogens is 340 g/mol. The van der Waals surface area contributed by atoms with E-state index in [1.54, 1.807) is 12.1 Å². The SMILES string of the molecule is CC(C)OCc1ccc(C(=O)OCc2nc(-c3cccs3)no2)cc1. The van der Waals surface area contributed by atoms with Gasteiger partial charge in [0.05, 0.1) is 23.2 Å². The quantitative estimate of drug-likeness (QED) is 0.593. The van der Waals surface area contributed by atoms with Crippen LogP contribution in [0.25, 0.3) is 10.7 Å². The number of benzene rings is 1. The molecule has 0 spiro atoms. The number of thiophene rings is 1. The summed E-state index contributed by atoms with van der Waals surface area (Å²) >= 11 is 1.51. The van der Waals surface area contributed by atoms with Crippen LogP contribution in [0.2, 0.25) is 0 Å². The third-order valence-electron chi connectivity index (χ3n) is 3.31. The zero-order chi connectivity index (χ0) is 17.6. The Morgan fingerprint density at radius 2 is 2.00 bits per heavy atom. The first kappa shape index (κ1) is 17.3. The van der Waals surface area contributed by atoms with Gasteiger partial charge < -0.3 is 14.0 Å². The molecule has 0 unspecified atom stereocenters. The molecule has 3 rings (SSSR count). The standard InChI is InChI=1S/C18H18N2O4S/c1-12(2)22-10-13-5-7-14(8-6-13)18(21)23-11-16-19-17(20-24-16)15-4-3-9-25-15/h3-9,12H,10-11H2,1-2H3. The zero-order valence-electron chi connectivity index (χ0n) is 14.0. The van der Waals surface area contributed by atoms with Crippen LogP contribution in [0.15, 0.2) is 46.3 Å². The van der Waals surface area contributed by atoms with Gasteiger partial charge in [-0.2, -0.15) is 4.98 Å². The van der Waals surface area contributed by atoms with Gasteiger partial charge in [-0.3, -0.25) is 0 Å². The Kier molecular flexibility index (Phi) is 5.57. The molecule has 0 aliphatic rings. The second-order valence-electron chi connectivity index (χ2n) is 5.62. The van der Waals surface area contributed by atoms with E-state index in [4.69, 9.17) is 14.0 Å². The van der Waals surface area contributed by atoms with Gasteiger partial charge in [-0.15, -0.1) is 11.3 Å². The van der Waals surface area contributed by atoms with E-state index in [2.05, 4.69) is 10.1 Å². The predicted octanol–water partition coefficient (Wildman–Crippen LogP) is 4.08. The first-order chi connectivity index (χ1) is 12.1. The van der Waals surface area contributed by atoms with Crippen molar-refractivity contribution < 1.29 is 18.8 Å². The Hall–Kier alpha value is -2.51. The summed E-state index contributed by atoms with van der Waals surface area (Å²) in [6.07, 6.45) is 0.165. The molecule has 0 saturated heterocycles. The summed E-state index contributed by atoms with van der Waals surface area (Å²) < 4.78 is 15.8. The van der Waals surface area contributed by atoms with Crippen LogP contribution in [-0.2, 0) is 22.7 Å². The Morgan fingerprint density at radius 1 is 1.20 bits per heavy atom. The normalized spacial score (nSPS) is 11.0. The summed E-state index contributed by atoms with van der Waals surface area (Å²) in [6, 6.07) is 10.9. The summed E-state index contributed by atoms with van der Waals surface area (Å²) in [4.78, 5) is 17.2. The van der Waals surface area contributed by atoms with E-state index in [0.29, 0.717) is 18.0 Å². The van der Waals surface area contributed by atoms with E-state index >= 15 is 0 Å². The summed E-state index contributed by atoms with van der Waals surface area (Å²) in [5.41, 5.74) is 1.47. The van der Waals surface area contributed by atoms with Crippen LogP contribution in [0.5, 0.6) is 0 Å². The molecule has 2 heterocycles. The van der Waals surface area contributed by atoms with Crippen molar-refractivity contribution in [2.24, 2.45) is 0 Å². The average Bonchev–Trinajstić information content (AvgIpc) is 3.29. The highest BCUT2D eigenvalue weighted by atomic mass is 32.1.